The van der Waals surface area contributed by atoms with Gasteiger partial charge in [-0.25, -0.2) is 4.79 Å². The monoisotopic (exact) mass is 359 g/mol. The Labute approximate surface area is 150 Å². The highest BCUT2D eigenvalue weighted by Crippen LogP contribution is 2.35. The lowest BCUT2D eigenvalue weighted by Gasteiger charge is -2.11. The molecule has 0 aliphatic carbocycles. The second kappa shape index (κ2) is 7.11. The molecule has 7 nitrogen and oxygen atoms in total. The number of carboxylic acids is 1. The molecule has 1 aromatic heterocycles. The van der Waals surface area contributed by atoms with Crippen LogP contribution in [0, 0.1) is 0 Å². The highest BCUT2D eigenvalue weighted by molar-refractivity contribution is 5.96. The van der Waals surface area contributed by atoms with Crippen molar-refractivity contribution in [2.75, 3.05) is 7.11 Å². The molecular weight excluding hydrogens is 338 g/mol. The number of carbonyl (C=O) groups is 2. The second-order valence-electron chi connectivity index (χ2n) is 6.19. The van der Waals surface area contributed by atoms with E-state index in [-0.39, 0.29) is 29.7 Å². The summed E-state index contributed by atoms with van der Waals surface area (Å²) in [6.07, 6.45) is 1.33. The number of ether oxygens (including phenoxy) is 2. The Morgan fingerprint density at radius 3 is 2.73 bits per heavy atom. The normalized spacial score (nSPS) is 15.3. The van der Waals surface area contributed by atoms with Crippen LogP contribution in [0.15, 0.2) is 22.6 Å². The Balaban J connectivity index is 1.76. The number of carboxylic acid groups (broad SMARTS) is 1. The topological polar surface area (TPSA) is 98.0 Å². The maximum atomic E-state index is 12.3. The molecule has 138 valence electrons. The van der Waals surface area contributed by atoms with E-state index >= 15 is 0 Å². The Kier molecular flexibility index (Phi) is 4.88. The van der Waals surface area contributed by atoms with Crippen molar-refractivity contribution in [3.8, 4) is 11.5 Å². The summed E-state index contributed by atoms with van der Waals surface area (Å²) in [5.74, 6) is 0.119. The smallest absolute Gasteiger partial charge is 0.339 e. The summed E-state index contributed by atoms with van der Waals surface area (Å²) in [5.41, 5.74) is 1.86. The van der Waals surface area contributed by atoms with E-state index in [1.165, 1.54) is 6.07 Å². The van der Waals surface area contributed by atoms with Gasteiger partial charge in [-0.05, 0) is 19.1 Å². The van der Waals surface area contributed by atoms with Crippen LogP contribution in [0.25, 0.3) is 0 Å². The lowest BCUT2D eigenvalue weighted by atomic mass is 10.1. The van der Waals surface area contributed by atoms with Gasteiger partial charge in [0.2, 0.25) is 0 Å². The van der Waals surface area contributed by atoms with Gasteiger partial charge in [0.1, 0.15) is 28.9 Å². The molecule has 3 rings (SSSR count). The Morgan fingerprint density at radius 1 is 1.35 bits per heavy atom. The molecule has 0 saturated carbocycles. The first kappa shape index (κ1) is 17.8. The van der Waals surface area contributed by atoms with E-state index < -0.39 is 11.9 Å². The lowest BCUT2D eigenvalue weighted by Crippen LogP contribution is -2.22. The molecule has 0 bridgehead atoms. The average Bonchev–Trinajstić information content (AvgIpc) is 3.20. The van der Waals surface area contributed by atoms with E-state index in [0.717, 1.165) is 23.3 Å². The van der Waals surface area contributed by atoms with Crippen molar-refractivity contribution in [1.82, 2.24) is 5.32 Å². The molecule has 1 aliphatic heterocycles. The van der Waals surface area contributed by atoms with E-state index in [2.05, 4.69) is 5.32 Å². The minimum Gasteiger partial charge on any atom is -0.496 e. The first-order valence-corrected chi connectivity index (χ1v) is 8.43. The van der Waals surface area contributed by atoms with Crippen molar-refractivity contribution < 1.29 is 28.6 Å². The molecule has 26 heavy (non-hydrogen) atoms. The highest BCUT2D eigenvalue weighted by atomic mass is 16.5. The van der Waals surface area contributed by atoms with Crippen LogP contribution in [0.1, 0.15) is 51.6 Å². The Bertz CT molecular complexity index is 854. The van der Waals surface area contributed by atoms with Gasteiger partial charge in [-0.3, -0.25) is 4.79 Å². The first-order chi connectivity index (χ1) is 12.4. The summed E-state index contributed by atoms with van der Waals surface area (Å²) >= 11 is 0. The van der Waals surface area contributed by atoms with Crippen molar-refractivity contribution in [2.45, 2.75) is 39.3 Å². The molecule has 7 heteroatoms. The van der Waals surface area contributed by atoms with Crippen molar-refractivity contribution in [2.24, 2.45) is 0 Å². The SMILES string of the molecule is CCc1oc(C(=O)NCc2cc3c(cc2OC)CC(C)O3)cc1C(=O)O. The van der Waals surface area contributed by atoms with Crippen LogP contribution in [0.4, 0.5) is 0 Å². The number of fused-ring (bicyclic) bond motifs is 1. The predicted molar refractivity (Wildman–Crippen MR) is 93.0 cm³/mol. The number of carbonyl (C=O) groups excluding carboxylic acids is 1. The maximum Gasteiger partial charge on any atom is 0.339 e. The number of amides is 1. The number of aromatic carboxylic acids is 1. The van der Waals surface area contributed by atoms with Gasteiger partial charge in [-0.15, -0.1) is 0 Å². The minimum absolute atomic E-state index is 0.00940. The van der Waals surface area contributed by atoms with Gasteiger partial charge in [0.15, 0.2) is 5.76 Å². The van der Waals surface area contributed by atoms with Crippen LogP contribution in [0.5, 0.6) is 11.5 Å². The molecule has 0 spiro atoms. The van der Waals surface area contributed by atoms with E-state index in [0.29, 0.717) is 12.2 Å². The van der Waals surface area contributed by atoms with Gasteiger partial charge in [0.05, 0.1) is 7.11 Å². The zero-order valence-corrected chi connectivity index (χ0v) is 14.9. The van der Waals surface area contributed by atoms with Crippen LogP contribution >= 0.6 is 0 Å². The number of methoxy groups -OCH3 is 1. The standard InChI is InChI=1S/C19H21NO6/c1-4-14-13(19(22)23)8-17(26-14)18(21)20-9-12-7-16-11(5-10(2)25-16)6-15(12)24-3/h6-8,10H,4-5,9H2,1-3H3,(H,20,21)(H,22,23). The first-order valence-electron chi connectivity index (χ1n) is 8.43. The number of hydrogen-bond donors (Lipinski definition) is 2. The molecule has 1 aromatic carbocycles. The number of hydrogen-bond acceptors (Lipinski definition) is 5. The summed E-state index contributed by atoms with van der Waals surface area (Å²) < 4.78 is 16.5. The number of nitrogens with one attached hydrogen (secondary N) is 1. The zero-order valence-electron chi connectivity index (χ0n) is 14.9. The molecule has 1 atom stereocenters. The number of furan rings is 1. The van der Waals surface area contributed by atoms with E-state index in [1.54, 1.807) is 14.0 Å². The molecule has 1 unspecified atom stereocenters. The third-order valence-electron chi connectivity index (χ3n) is 4.32. The van der Waals surface area contributed by atoms with E-state index in [4.69, 9.17) is 19.0 Å². The molecule has 1 amide bonds. The molecule has 0 saturated heterocycles. The van der Waals surface area contributed by atoms with Crippen LogP contribution in [0.2, 0.25) is 0 Å². The molecule has 2 aromatic rings. The second-order valence-corrected chi connectivity index (χ2v) is 6.19. The van der Waals surface area contributed by atoms with Crippen LogP contribution < -0.4 is 14.8 Å². The molecule has 0 fully saturated rings. The fourth-order valence-corrected chi connectivity index (χ4v) is 3.06. The molecule has 2 N–H and O–H groups in total. The van der Waals surface area contributed by atoms with Crippen molar-refractivity contribution in [3.05, 3.63) is 46.4 Å². The van der Waals surface area contributed by atoms with Gasteiger partial charge in [0.25, 0.3) is 5.91 Å². The maximum absolute atomic E-state index is 12.3. The fraction of sp³-hybridized carbons (Fsp3) is 0.368. The third kappa shape index (κ3) is 3.37. The van der Waals surface area contributed by atoms with Crippen LogP contribution in [-0.4, -0.2) is 30.2 Å². The average molecular weight is 359 g/mol. The molecule has 2 heterocycles. The summed E-state index contributed by atoms with van der Waals surface area (Å²) in [6.45, 7) is 3.97. The fourth-order valence-electron chi connectivity index (χ4n) is 3.06. The van der Waals surface area contributed by atoms with Crippen molar-refractivity contribution in [1.29, 1.82) is 0 Å². The Hall–Kier alpha value is -2.96. The summed E-state index contributed by atoms with van der Waals surface area (Å²) in [7, 11) is 1.57. The van der Waals surface area contributed by atoms with E-state index in [1.807, 2.05) is 19.1 Å². The van der Waals surface area contributed by atoms with Gasteiger partial charge < -0.3 is 24.3 Å². The lowest BCUT2D eigenvalue weighted by molar-refractivity contribution is 0.0694. The summed E-state index contributed by atoms with van der Waals surface area (Å²) in [5, 5.41) is 11.9. The number of rotatable bonds is 6. The van der Waals surface area contributed by atoms with Gasteiger partial charge in [0, 0.05) is 36.6 Å². The third-order valence-corrected chi connectivity index (χ3v) is 4.32. The van der Waals surface area contributed by atoms with Gasteiger partial charge >= 0.3 is 5.97 Å². The molecular formula is C19H21NO6. The Morgan fingerprint density at radius 2 is 2.12 bits per heavy atom. The van der Waals surface area contributed by atoms with Gasteiger partial charge in [-0.2, -0.15) is 0 Å². The van der Waals surface area contributed by atoms with Gasteiger partial charge in [-0.1, -0.05) is 6.92 Å². The highest BCUT2D eigenvalue weighted by Gasteiger charge is 2.23. The largest absolute Gasteiger partial charge is 0.496 e. The molecule has 1 aliphatic rings. The predicted octanol–water partition coefficient (Wildman–Crippen LogP) is 2.80. The quantitative estimate of drug-likeness (QED) is 0.823. The number of benzene rings is 1. The van der Waals surface area contributed by atoms with E-state index in [9.17, 15) is 9.59 Å². The summed E-state index contributed by atoms with van der Waals surface area (Å²) in [6, 6.07) is 5.03. The van der Waals surface area contributed by atoms with Crippen molar-refractivity contribution in [3.63, 3.8) is 0 Å². The van der Waals surface area contributed by atoms with Crippen LogP contribution in [-0.2, 0) is 19.4 Å². The van der Waals surface area contributed by atoms with Crippen molar-refractivity contribution >= 4 is 11.9 Å². The minimum atomic E-state index is -1.11. The van der Waals surface area contributed by atoms with Crippen LogP contribution in [0.3, 0.4) is 0 Å². The molecule has 0 radical (unpaired) electrons. The number of aryl methyl sites for hydroxylation is 1. The summed E-state index contributed by atoms with van der Waals surface area (Å²) in [4.78, 5) is 23.5. The zero-order chi connectivity index (χ0) is 18.8.